The van der Waals surface area contributed by atoms with E-state index in [4.69, 9.17) is 18.2 Å². The fourth-order valence-corrected chi connectivity index (χ4v) is 12.5. The molecule has 0 bridgehead atoms. The predicted molar refractivity (Wildman–Crippen MR) is 65.1 cm³/mol. The van der Waals surface area contributed by atoms with Crippen molar-refractivity contribution in [3.63, 3.8) is 0 Å². The van der Waals surface area contributed by atoms with Crippen LogP contribution in [0.15, 0.2) is 0 Å². The summed E-state index contributed by atoms with van der Waals surface area (Å²) >= 11 is 11.1. The molecule has 0 aromatic rings. The molecule has 1 fully saturated rings. The van der Waals surface area contributed by atoms with Crippen molar-refractivity contribution in [2.75, 3.05) is 12.0 Å². The molecule has 5 heteroatoms. The lowest BCUT2D eigenvalue weighted by atomic mass is 10.3. The maximum absolute atomic E-state index is 5.50. The molecular weight excluding hydrogens is 231 g/mol. The van der Waals surface area contributed by atoms with Crippen LogP contribution in [0.4, 0.5) is 0 Å². The van der Waals surface area contributed by atoms with Crippen molar-refractivity contribution in [2.45, 2.75) is 11.7 Å². The molecule has 0 amide bonds. The molecule has 1 aliphatic rings. The summed E-state index contributed by atoms with van der Waals surface area (Å²) in [4.78, 5) is 0. The molecule has 0 radical (unpaired) electrons. The Bertz CT molecular complexity index is 219. The van der Waals surface area contributed by atoms with Gasteiger partial charge in [0, 0.05) is 5.75 Å². The Kier molecular flexibility index (Phi) is 4.21. The highest BCUT2D eigenvalue weighted by atomic mass is 33.5. The first-order valence-corrected chi connectivity index (χ1v) is 10.9. The molecule has 0 N–H and O–H groups in total. The fraction of sp³-hybridized carbons (Fsp3) is 0.667. The maximum atomic E-state index is 5.50. The number of rotatable bonds is 1. The van der Waals surface area contributed by atoms with Gasteiger partial charge in [-0.05, 0) is 12.7 Å². The van der Waals surface area contributed by atoms with Crippen molar-refractivity contribution < 1.29 is 0 Å². The van der Waals surface area contributed by atoms with Crippen molar-refractivity contribution in [2.24, 2.45) is 0 Å². The summed E-state index contributed by atoms with van der Waals surface area (Å²) in [6.07, 6.45) is 8.59. The molecule has 0 aromatic carbocycles. The molecule has 2 unspecified atom stereocenters. The minimum atomic E-state index is -1.23. The van der Waals surface area contributed by atoms with Gasteiger partial charge in [-0.1, -0.05) is 29.1 Å². The van der Waals surface area contributed by atoms with Gasteiger partial charge in [-0.3, -0.25) is 0 Å². The van der Waals surface area contributed by atoms with Crippen LogP contribution in [0.2, 0.25) is 0 Å². The van der Waals surface area contributed by atoms with E-state index in [-0.39, 0.29) is 0 Å². The van der Waals surface area contributed by atoms with E-state index >= 15 is 0 Å². The SMILES string of the molecule is C#CC1CCSP(=S)(SC)S1. The summed E-state index contributed by atoms with van der Waals surface area (Å²) in [7, 11) is 0. The maximum Gasteiger partial charge on any atom is 0.110 e. The zero-order valence-corrected chi connectivity index (χ0v) is 10.3. The van der Waals surface area contributed by atoms with E-state index in [0.29, 0.717) is 5.25 Å². The summed E-state index contributed by atoms with van der Waals surface area (Å²) in [5.41, 5.74) is 0. The summed E-state index contributed by atoms with van der Waals surface area (Å²) in [6, 6.07) is 0. The van der Waals surface area contributed by atoms with E-state index in [0.717, 1.165) is 12.2 Å². The van der Waals surface area contributed by atoms with Gasteiger partial charge < -0.3 is 0 Å². The van der Waals surface area contributed by atoms with Crippen molar-refractivity contribution in [1.29, 1.82) is 0 Å². The summed E-state index contributed by atoms with van der Waals surface area (Å²) < 4.78 is -1.23. The fourth-order valence-electron chi connectivity index (χ4n) is 0.720. The van der Waals surface area contributed by atoms with Crippen LogP contribution in [0.1, 0.15) is 6.42 Å². The van der Waals surface area contributed by atoms with Crippen LogP contribution >= 0.6 is 37.8 Å². The molecule has 11 heavy (non-hydrogen) atoms. The Hall–Kier alpha value is 1.26. The minimum Gasteiger partial charge on any atom is -0.119 e. The van der Waals surface area contributed by atoms with Crippen LogP contribution in [0, 0.1) is 12.3 Å². The summed E-state index contributed by atoms with van der Waals surface area (Å²) in [5.74, 6) is 3.94. The van der Waals surface area contributed by atoms with Gasteiger partial charge in [0.05, 0.1) is 5.25 Å². The van der Waals surface area contributed by atoms with Crippen molar-refractivity contribution in [1.82, 2.24) is 0 Å². The summed E-state index contributed by atoms with van der Waals surface area (Å²) in [6.45, 7) is 0. The minimum absolute atomic E-state index is 0.384. The zero-order chi connectivity index (χ0) is 8.32. The Balaban J connectivity index is 2.61. The van der Waals surface area contributed by atoms with Gasteiger partial charge in [0.2, 0.25) is 0 Å². The van der Waals surface area contributed by atoms with Gasteiger partial charge in [0.1, 0.15) is 3.64 Å². The van der Waals surface area contributed by atoms with Gasteiger partial charge in [-0.25, -0.2) is 0 Å². The Morgan fingerprint density at radius 3 is 3.09 bits per heavy atom. The normalized spacial score (nSPS) is 38.0. The molecule has 0 aliphatic carbocycles. The highest BCUT2D eigenvalue weighted by molar-refractivity contribution is 9.23. The second kappa shape index (κ2) is 4.48. The Morgan fingerprint density at radius 1 is 1.82 bits per heavy atom. The molecule has 1 heterocycles. The van der Waals surface area contributed by atoms with E-state index in [2.05, 4.69) is 12.2 Å². The number of hydrogen-bond donors (Lipinski definition) is 0. The molecular formula is C6H9PS4. The molecule has 0 nitrogen and oxygen atoms in total. The topological polar surface area (TPSA) is 0 Å². The Morgan fingerprint density at radius 2 is 2.55 bits per heavy atom. The highest BCUT2D eigenvalue weighted by Crippen LogP contribution is 2.80. The van der Waals surface area contributed by atoms with Gasteiger partial charge in [0.25, 0.3) is 0 Å². The van der Waals surface area contributed by atoms with Gasteiger partial charge >= 0.3 is 0 Å². The lowest BCUT2D eigenvalue weighted by Gasteiger charge is -2.26. The second-order valence-corrected chi connectivity index (χ2v) is 18.0. The van der Waals surface area contributed by atoms with Crippen molar-refractivity contribution in [3.05, 3.63) is 0 Å². The predicted octanol–water partition coefficient (Wildman–Crippen LogP) is 3.45. The van der Waals surface area contributed by atoms with Crippen LogP contribution in [0.5, 0.6) is 0 Å². The molecule has 1 rings (SSSR count). The molecule has 0 spiro atoms. The monoisotopic (exact) mass is 240 g/mol. The molecule has 62 valence electrons. The van der Waals surface area contributed by atoms with Gasteiger partial charge in [-0.2, -0.15) is 0 Å². The lowest BCUT2D eigenvalue weighted by Crippen LogP contribution is -2.02. The largest absolute Gasteiger partial charge is 0.119 e. The van der Waals surface area contributed by atoms with Crippen LogP contribution in [0.25, 0.3) is 0 Å². The van der Waals surface area contributed by atoms with Crippen LogP contribution < -0.4 is 0 Å². The quantitative estimate of drug-likeness (QED) is 0.508. The van der Waals surface area contributed by atoms with E-state index in [1.54, 1.807) is 0 Å². The standard InChI is InChI=1S/C6H9PS4/c1-3-6-4-5-10-7(8,9-2)11-6/h1,6H,4-5H2,2H3. The lowest BCUT2D eigenvalue weighted by molar-refractivity contribution is 1.02. The zero-order valence-electron chi connectivity index (χ0n) is 6.15. The Labute approximate surface area is 85.3 Å². The average molecular weight is 240 g/mol. The molecule has 1 saturated heterocycles. The van der Waals surface area contributed by atoms with Crippen molar-refractivity contribution >= 4 is 49.6 Å². The summed E-state index contributed by atoms with van der Waals surface area (Å²) in [5, 5.41) is 0.384. The van der Waals surface area contributed by atoms with Crippen LogP contribution in [0.3, 0.4) is 0 Å². The first kappa shape index (κ1) is 10.3. The average Bonchev–Trinajstić information content (AvgIpc) is 2.05. The van der Waals surface area contributed by atoms with Crippen molar-refractivity contribution in [3.8, 4) is 12.3 Å². The molecule has 2 atom stereocenters. The third kappa shape index (κ3) is 2.90. The first-order valence-electron chi connectivity index (χ1n) is 3.15. The first-order chi connectivity index (χ1) is 5.20. The third-order valence-corrected chi connectivity index (χ3v) is 16.9. The molecule has 0 saturated carbocycles. The van der Waals surface area contributed by atoms with Crippen LogP contribution in [-0.4, -0.2) is 17.3 Å². The number of terminal acetylenes is 1. The van der Waals surface area contributed by atoms with Gasteiger partial charge in [-0.15, -0.1) is 29.2 Å². The van der Waals surface area contributed by atoms with Gasteiger partial charge in [0.15, 0.2) is 0 Å². The third-order valence-electron chi connectivity index (χ3n) is 1.30. The highest BCUT2D eigenvalue weighted by Gasteiger charge is 2.26. The number of hydrogen-bond acceptors (Lipinski definition) is 4. The van der Waals surface area contributed by atoms with E-state index < -0.39 is 3.64 Å². The molecule has 1 aliphatic heterocycles. The van der Waals surface area contributed by atoms with E-state index in [9.17, 15) is 0 Å². The van der Waals surface area contributed by atoms with E-state index in [1.807, 2.05) is 34.1 Å². The molecule has 0 aromatic heterocycles. The smallest absolute Gasteiger partial charge is 0.110 e. The second-order valence-electron chi connectivity index (χ2n) is 2.01. The van der Waals surface area contributed by atoms with E-state index in [1.165, 1.54) is 0 Å². The van der Waals surface area contributed by atoms with Crippen LogP contribution in [-0.2, 0) is 11.8 Å².